The molecule has 1 aromatic rings. The highest BCUT2D eigenvalue weighted by Crippen LogP contribution is 2.07. The predicted molar refractivity (Wildman–Crippen MR) is 62.5 cm³/mol. The average Bonchev–Trinajstić information content (AvgIpc) is 2.63. The minimum absolute atomic E-state index is 0.0183. The summed E-state index contributed by atoms with van der Waals surface area (Å²) in [5.74, 6) is 0.986. The molecule has 5 nitrogen and oxygen atoms in total. The molecular weight excluding hydrogens is 204 g/mol. The van der Waals surface area contributed by atoms with Crippen LogP contribution in [0.15, 0.2) is 12.4 Å². The molecule has 0 aliphatic rings. The Morgan fingerprint density at radius 3 is 2.88 bits per heavy atom. The molecule has 5 heteroatoms. The fourth-order valence-corrected chi connectivity index (χ4v) is 1.59. The van der Waals surface area contributed by atoms with Crippen molar-refractivity contribution >= 4 is 5.91 Å². The summed E-state index contributed by atoms with van der Waals surface area (Å²) < 4.78 is 1.91. The van der Waals surface area contributed by atoms with Gasteiger partial charge in [-0.15, -0.1) is 0 Å². The third-order valence-electron chi connectivity index (χ3n) is 2.70. The van der Waals surface area contributed by atoms with Gasteiger partial charge in [-0.3, -0.25) is 4.79 Å². The first kappa shape index (κ1) is 12.7. The lowest BCUT2D eigenvalue weighted by atomic mass is 10.1. The maximum Gasteiger partial charge on any atom is 0.225 e. The Morgan fingerprint density at radius 1 is 1.69 bits per heavy atom. The van der Waals surface area contributed by atoms with Crippen molar-refractivity contribution in [1.29, 1.82) is 0 Å². The van der Waals surface area contributed by atoms with Crippen molar-refractivity contribution in [2.75, 3.05) is 13.6 Å². The van der Waals surface area contributed by atoms with E-state index in [1.165, 1.54) is 0 Å². The summed E-state index contributed by atoms with van der Waals surface area (Å²) in [4.78, 5) is 17.8. The van der Waals surface area contributed by atoms with Crippen LogP contribution in [0.5, 0.6) is 0 Å². The number of imidazole rings is 1. The highest BCUT2D eigenvalue weighted by atomic mass is 16.2. The van der Waals surface area contributed by atoms with Crippen molar-refractivity contribution in [3.05, 3.63) is 18.2 Å². The van der Waals surface area contributed by atoms with Crippen molar-refractivity contribution in [3.8, 4) is 0 Å². The van der Waals surface area contributed by atoms with Crippen LogP contribution in [-0.2, 0) is 18.4 Å². The smallest absolute Gasteiger partial charge is 0.225 e. The van der Waals surface area contributed by atoms with Gasteiger partial charge >= 0.3 is 0 Å². The van der Waals surface area contributed by atoms with Gasteiger partial charge in [0.15, 0.2) is 0 Å². The van der Waals surface area contributed by atoms with E-state index >= 15 is 0 Å². The number of carbonyl (C=O) groups excluding carboxylic acids is 1. The molecule has 1 unspecified atom stereocenters. The number of amides is 1. The van der Waals surface area contributed by atoms with Gasteiger partial charge in [0.1, 0.15) is 5.82 Å². The van der Waals surface area contributed by atoms with Crippen LogP contribution in [0, 0.1) is 5.92 Å². The third-order valence-corrected chi connectivity index (χ3v) is 2.70. The van der Waals surface area contributed by atoms with Gasteiger partial charge in [0.25, 0.3) is 0 Å². The van der Waals surface area contributed by atoms with Crippen LogP contribution < -0.4 is 5.73 Å². The fourth-order valence-electron chi connectivity index (χ4n) is 1.59. The number of hydrogen-bond donors (Lipinski definition) is 1. The van der Waals surface area contributed by atoms with Crippen LogP contribution in [0.3, 0.4) is 0 Å². The summed E-state index contributed by atoms with van der Waals surface area (Å²) in [7, 11) is 3.72. The zero-order chi connectivity index (χ0) is 12.1. The summed E-state index contributed by atoms with van der Waals surface area (Å²) >= 11 is 0. The zero-order valence-electron chi connectivity index (χ0n) is 10.2. The minimum Gasteiger partial charge on any atom is -0.338 e. The Kier molecular flexibility index (Phi) is 4.49. The molecule has 16 heavy (non-hydrogen) atoms. The van der Waals surface area contributed by atoms with Crippen LogP contribution >= 0.6 is 0 Å². The number of aryl methyl sites for hydroxylation is 1. The summed E-state index contributed by atoms with van der Waals surface area (Å²) in [5.41, 5.74) is 5.44. The molecule has 0 radical (unpaired) electrons. The second-order valence-corrected chi connectivity index (χ2v) is 4.13. The van der Waals surface area contributed by atoms with Crippen molar-refractivity contribution < 1.29 is 4.79 Å². The zero-order valence-corrected chi connectivity index (χ0v) is 10.2. The molecule has 1 rings (SSSR count). The Morgan fingerprint density at radius 2 is 2.38 bits per heavy atom. The van der Waals surface area contributed by atoms with Gasteiger partial charge in [0, 0.05) is 32.4 Å². The molecule has 90 valence electrons. The molecule has 0 fully saturated rings. The number of nitrogens with zero attached hydrogens (tertiary/aromatic N) is 3. The highest BCUT2D eigenvalue weighted by molar-refractivity contribution is 5.78. The van der Waals surface area contributed by atoms with Crippen molar-refractivity contribution in [1.82, 2.24) is 14.5 Å². The second kappa shape index (κ2) is 5.65. The third kappa shape index (κ3) is 3.06. The lowest BCUT2D eigenvalue weighted by Crippen LogP contribution is -2.33. The standard InChI is InChI=1S/C11H20N4O/c1-9(4-5-12)11(16)15(3)8-10-13-6-7-14(10)2/h6-7,9H,4-5,8,12H2,1-3H3. The van der Waals surface area contributed by atoms with E-state index in [0.29, 0.717) is 13.1 Å². The fraction of sp³-hybridized carbons (Fsp3) is 0.636. The monoisotopic (exact) mass is 224 g/mol. The topological polar surface area (TPSA) is 64.2 Å². The first-order chi connectivity index (χ1) is 7.56. The predicted octanol–water partition coefficient (Wildman–Crippen LogP) is 0.363. The summed E-state index contributed by atoms with van der Waals surface area (Å²) in [6.07, 6.45) is 4.33. The van der Waals surface area contributed by atoms with Crippen LogP contribution in [0.4, 0.5) is 0 Å². The van der Waals surface area contributed by atoms with Gasteiger partial charge in [0.05, 0.1) is 6.54 Å². The molecule has 0 aliphatic carbocycles. The van der Waals surface area contributed by atoms with E-state index in [1.54, 1.807) is 18.1 Å². The first-order valence-corrected chi connectivity index (χ1v) is 5.47. The van der Waals surface area contributed by atoms with Crippen LogP contribution in [0.25, 0.3) is 0 Å². The SMILES string of the molecule is CC(CCN)C(=O)N(C)Cc1nccn1C. The van der Waals surface area contributed by atoms with E-state index in [1.807, 2.05) is 24.7 Å². The minimum atomic E-state index is -0.0183. The number of hydrogen-bond acceptors (Lipinski definition) is 3. The van der Waals surface area contributed by atoms with Gasteiger partial charge in [0.2, 0.25) is 5.91 Å². The molecule has 1 aromatic heterocycles. The Balaban J connectivity index is 2.55. The maximum absolute atomic E-state index is 11.9. The molecule has 0 saturated carbocycles. The van der Waals surface area contributed by atoms with Gasteiger partial charge < -0.3 is 15.2 Å². The lowest BCUT2D eigenvalue weighted by Gasteiger charge is -2.20. The van der Waals surface area contributed by atoms with E-state index in [0.717, 1.165) is 12.2 Å². The van der Waals surface area contributed by atoms with Crippen LogP contribution in [0.2, 0.25) is 0 Å². The quantitative estimate of drug-likeness (QED) is 0.785. The van der Waals surface area contributed by atoms with Gasteiger partial charge in [-0.05, 0) is 13.0 Å². The maximum atomic E-state index is 11.9. The summed E-state index contributed by atoms with van der Waals surface area (Å²) in [5, 5.41) is 0. The molecular formula is C11H20N4O. The molecule has 0 saturated heterocycles. The van der Waals surface area contributed by atoms with Gasteiger partial charge in [-0.25, -0.2) is 4.98 Å². The van der Waals surface area contributed by atoms with Crippen molar-refractivity contribution in [3.63, 3.8) is 0 Å². The Bertz CT molecular complexity index is 348. The molecule has 0 aromatic carbocycles. The average molecular weight is 224 g/mol. The number of rotatable bonds is 5. The first-order valence-electron chi connectivity index (χ1n) is 5.47. The van der Waals surface area contributed by atoms with Crippen LogP contribution in [-0.4, -0.2) is 34.0 Å². The largest absolute Gasteiger partial charge is 0.338 e. The lowest BCUT2D eigenvalue weighted by molar-refractivity contribution is -0.134. The number of carbonyl (C=O) groups is 1. The summed E-state index contributed by atoms with van der Waals surface area (Å²) in [6, 6.07) is 0. The normalized spacial score (nSPS) is 12.5. The van der Waals surface area contributed by atoms with E-state index < -0.39 is 0 Å². The van der Waals surface area contributed by atoms with Crippen molar-refractivity contribution in [2.45, 2.75) is 19.9 Å². The molecule has 0 spiro atoms. The van der Waals surface area contributed by atoms with Gasteiger partial charge in [-0.1, -0.05) is 6.92 Å². The second-order valence-electron chi connectivity index (χ2n) is 4.13. The van der Waals surface area contributed by atoms with E-state index in [2.05, 4.69) is 4.98 Å². The Labute approximate surface area is 96.3 Å². The molecule has 0 aliphatic heterocycles. The number of aromatic nitrogens is 2. The van der Waals surface area contributed by atoms with Crippen molar-refractivity contribution in [2.24, 2.45) is 18.7 Å². The highest BCUT2D eigenvalue weighted by Gasteiger charge is 2.17. The van der Waals surface area contributed by atoms with Gasteiger partial charge in [-0.2, -0.15) is 0 Å². The molecule has 2 N–H and O–H groups in total. The van der Waals surface area contributed by atoms with Crippen LogP contribution in [0.1, 0.15) is 19.2 Å². The Hall–Kier alpha value is -1.36. The number of nitrogens with two attached hydrogens (primary N) is 1. The van der Waals surface area contributed by atoms with E-state index in [9.17, 15) is 4.79 Å². The molecule has 0 bridgehead atoms. The van der Waals surface area contributed by atoms with E-state index in [4.69, 9.17) is 5.73 Å². The molecule has 1 atom stereocenters. The van der Waals surface area contributed by atoms with E-state index in [-0.39, 0.29) is 11.8 Å². The molecule has 1 heterocycles. The molecule has 1 amide bonds. The summed E-state index contributed by atoms with van der Waals surface area (Å²) in [6.45, 7) is 2.99.